The topological polar surface area (TPSA) is 0 Å². The van der Waals surface area contributed by atoms with Crippen molar-refractivity contribution >= 4 is 11.6 Å². The lowest BCUT2D eigenvalue weighted by atomic mass is 9.80. The fourth-order valence-corrected chi connectivity index (χ4v) is 2.13. The van der Waals surface area contributed by atoms with Gasteiger partial charge in [0.25, 0.3) is 0 Å². The Bertz CT molecular complexity index is 334. The fraction of sp³-hybridized carbons (Fsp3) is 0.455. The average Bonchev–Trinajstić information content (AvgIpc) is 2.06. The van der Waals surface area contributed by atoms with Crippen LogP contribution in [0.4, 0.5) is 8.78 Å². The SMILES string of the molecule is Fc1ccc(F)c(C(Cl)C2CCC2)c1. The number of benzene rings is 1. The number of rotatable bonds is 2. The van der Waals surface area contributed by atoms with E-state index in [1.54, 1.807) is 0 Å². The van der Waals surface area contributed by atoms with Gasteiger partial charge >= 0.3 is 0 Å². The molecule has 0 aromatic heterocycles. The molecule has 0 radical (unpaired) electrons. The van der Waals surface area contributed by atoms with E-state index in [0.29, 0.717) is 11.5 Å². The molecule has 1 aliphatic rings. The van der Waals surface area contributed by atoms with Gasteiger partial charge in [-0.2, -0.15) is 0 Å². The molecule has 2 rings (SSSR count). The largest absolute Gasteiger partial charge is 0.207 e. The van der Waals surface area contributed by atoms with Crippen LogP contribution in [-0.4, -0.2) is 0 Å². The van der Waals surface area contributed by atoms with Gasteiger partial charge < -0.3 is 0 Å². The van der Waals surface area contributed by atoms with Crippen LogP contribution in [0.25, 0.3) is 0 Å². The van der Waals surface area contributed by atoms with Gasteiger partial charge in [0, 0.05) is 5.56 Å². The molecule has 0 spiro atoms. The fourth-order valence-electron chi connectivity index (χ4n) is 1.71. The van der Waals surface area contributed by atoms with Crippen LogP contribution in [-0.2, 0) is 0 Å². The quantitative estimate of drug-likeness (QED) is 0.655. The van der Waals surface area contributed by atoms with E-state index < -0.39 is 11.6 Å². The highest BCUT2D eigenvalue weighted by Crippen LogP contribution is 2.42. The van der Waals surface area contributed by atoms with Crippen molar-refractivity contribution < 1.29 is 8.78 Å². The van der Waals surface area contributed by atoms with Gasteiger partial charge in [-0.1, -0.05) is 6.42 Å². The smallest absolute Gasteiger partial charge is 0.128 e. The summed E-state index contributed by atoms with van der Waals surface area (Å²) in [6.45, 7) is 0. The maximum absolute atomic E-state index is 13.3. The summed E-state index contributed by atoms with van der Waals surface area (Å²) in [5.41, 5.74) is 0.302. The van der Waals surface area contributed by atoms with Gasteiger partial charge in [-0.05, 0) is 37.0 Å². The third-order valence-corrected chi connectivity index (χ3v) is 3.41. The van der Waals surface area contributed by atoms with E-state index in [4.69, 9.17) is 11.6 Å². The van der Waals surface area contributed by atoms with Crippen molar-refractivity contribution in [3.63, 3.8) is 0 Å². The molecule has 0 bridgehead atoms. The summed E-state index contributed by atoms with van der Waals surface area (Å²) in [5.74, 6) is -0.516. The zero-order valence-corrected chi connectivity index (χ0v) is 8.40. The van der Waals surface area contributed by atoms with E-state index in [2.05, 4.69) is 0 Å². The van der Waals surface area contributed by atoms with E-state index in [1.165, 1.54) is 6.07 Å². The summed E-state index contributed by atoms with van der Waals surface area (Å²) < 4.78 is 26.2. The first kappa shape index (κ1) is 9.91. The lowest BCUT2D eigenvalue weighted by Crippen LogP contribution is -2.17. The Morgan fingerprint density at radius 1 is 1.29 bits per heavy atom. The normalized spacial score (nSPS) is 19.1. The number of halogens is 3. The van der Waals surface area contributed by atoms with Crippen LogP contribution in [0, 0.1) is 17.6 Å². The summed E-state index contributed by atoms with van der Waals surface area (Å²) in [5, 5.41) is -0.376. The predicted molar refractivity (Wildman–Crippen MR) is 52.3 cm³/mol. The van der Waals surface area contributed by atoms with Gasteiger partial charge in [0.05, 0.1) is 5.38 Å². The van der Waals surface area contributed by atoms with Gasteiger partial charge in [-0.25, -0.2) is 8.78 Å². The molecule has 0 aliphatic heterocycles. The lowest BCUT2D eigenvalue weighted by molar-refractivity contribution is 0.301. The third-order valence-electron chi connectivity index (χ3n) is 2.82. The molecule has 0 N–H and O–H groups in total. The number of hydrogen-bond acceptors (Lipinski definition) is 0. The van der Waals surface area contributed by atoms with Crippen molar-refractivity contribution in [3.8, 4) is 0 Å². The van der Waals surface area contributed by atoms with Crippen LogP contribution in [0.2, 0.25) is 0 Å². The van der Waals surface area contributed by atoms with Crippen molar-refractivity contribution in [1.29, 1.82) is 0 Å². The molecule has 1 unspecified atom stereocenters. The van der Waals surface area contributed by atoms with Crippen LogP contribution in [0.5, 0.6) is 0 Å². The second-order valence-electron chi connectivity index (χ2n) is 3.76. The molecule has 1 aliphatic carbocycles. The van der Waals surface area contributed by atoms with Crippen LogP contribution >= 0.6 is 11.6 Å². The minimum Gasteiger partial charge on any atom is -0.207 e. The zero-order chi connectivity index (χ0) is 10.1. The molecule has 0 nitrogen and oxygen atoms in total. The first-order valence-electron chi connectivity index (χ1n) is 4.77. The van der Waals surface area contributed by atoms with E-state index in [1.807, 2.05) is 0 Å². The van der Waals surface area contributed by atoms with Crippen LogP contribution < -0.4 is 0 Å². The van der Waals surface area contributed by atoms with Crippen molar-refractivity contribution in [2.24, 2.45) is 5.92 Å². The molecule has 0 saturated heterocycles. The zero-order valence-electron chi connectivity index (χ0n) is 7.64. The molecule has 1 aromatic rings. The molecule has 1 saturated carbocycles. The lowest BCUT2D eigenvalue weighted by Gasteiger charge is -2.30. The van der Waals surface area contributed by atoms with Crippen molar-refractivity contribution in [3.05, 3.63) is 35.4 Å². The molecule has 0 heterocycles. The highest BCUT2D eigenvalue weighted by Gasteiger charge is 2.28. The average molecular weight is 217 g/mol. The van der Waals surface area contributed by atoms with Crippen LogP contribution in [0.1, 0.15) is 30.2 Å². The molecule has 0 amide bonds. The molecule has 14 heavy (non-hydrogen) atoms. The summed E-state index contributed by atoms with van der Waals surface area (Å²) in [4.78, 5) is 0. The minimum absolute atomic E-state index is 0.302. The second kappa shape index (κ2) is 3.85. The molecule has 1 fully saturated rings. The third kappa shape index (κ3) is 1.76. The van der Waals surface area contributed by atoms with Crippen LogP contribution in [0.15, 0.2) is 18.2 Å². The van der Waals surface area contributed by atoms with Crippen molar-refractivity contribution in [2.75, 3.05) is 0 Å². The number of hydrogen-bond donors (Lipinski definition) is 0. The van der Waals surface area contributed by atoms with E-state index in [9.17, 15) is 8.78 Å². The Labute approximate surface area is 86.9 Å². The number of alkyl halides is 1. The van der Waals surface area contributed by atoms with Gasteiger partial charge in [-0.3, -0.25) is 0 Å². The summed E-state index contributed by atoms with van der Waals surface area (Å²) in [7, 11) is 0. The summed E-state index contributed by atoms with van der Waals surface area (Å²) in [6, 6.07) is 3.45. The molecular formula is C11H11ClF2. The van der Waals surface area contributed by atoms with E-state index in [-0.39, 0.29) is 5.38 Å². The van der Waals surface area contributed by atoms with E-state index in [0.717, 1.165) is 31.4 Å². The first-order valence-corrected chi connectivity index (χ1v) is 5.21. The van der Waals surface area contributed by atoms with Crippen molar-refractivity contribution in [1.82, 2.24) is 0 Å². The van der Waals surface area contributed by atoms with E-state index >= 15 is 0 Å². The Morgan fingerprint density at radius 2 is 2.00 bits per heavy atom. The van der Waals surface area contributed by atoms with Gasteiger partial charge in [0.15, 0.2) is 0 Å². The van der Waals surface area contributed by atoms with Crippen LogP contribution in [0.3, 0.4) is 0 Å². The van der Waals surface area contributed by atoms with Crippen molar-refractivity contribution in [2.45, 2.75) is 24.6 Å². The minimum atomic E-state index is -0.425. The second-order valence-corrected chi connectivity index (χ2v) is 4.23. The molecule has 1 aromatic carbocycles. The molecule has 3 heteroatoms. The maximum atomic E-state index is 13.3. The summed E-state index contributed by atoms with van der Waals surface area (Å²) >= 11 is 6.08. The molecule has 1 atom stereocenters. The first-order chi connectivity index (χ1) is 6.68. The Kier molecular flexibility index (Phi) is 2.73. The standard InChI is InChI=1S/C11H11ClF2/c12-11(7-2-1-3-7)9-6-8(13)4-5-10(9)14/h4-7,11H,1-3H2. The summed E-state index contributed by atoms with van der Waals surface area (Å²) in [6.07, 6.45) is 3.18. The van der Waals surface area contributed by atoms with Gasteiger partial charge in [0.1, 0.15) is 11.6 Å². The predicted octanol–water partition coefficient (Wildman–Crippen LogP) is 4.04. The molecule has 76 valence electrons. The highest BCUT2D eigenvalue weighted by molar-refractivity contribution is 6.21. The maximum Gasteiger partial charge on any atom is 0.128 e. The Hall–Kier alpha value is -0.630. The Balaban J connectivity index is 2.24. The van der Waals surface area contributed by atoms with Gasteiger partial charge in [0.2, 0.25) is 0 Å². The Morgan fingerprint density at radius 3 is 2.57 bits per heavy atom. The molecular weight excluding hydrogens is 206 g/mol. The highest BCUT2D eigenvalue weighted by atomic mass is 35.5. The monoisotopic (exact) mass is 216 g/mol. The van der Waals surface area contributed by atoms with Gasteiger partial charge in [-0.15, -0.1) is 11.6 Å².